The maximum absolute atomic E-state index is 8.50. The largest absolute Gasteiger partial charge is 0.334 e. The Balaban J connectivity index is 3.80. The Kier molecular flexibility index (Phi) is 2.37. The van der Waals surface area contributed by atoms with Crippen molar-refractivity contribution >= 4 is 18.4 Å². The zero-order valence-electron chi connectivity index (χ0n) is 4.20. The third kappa shape index (κ3) is 3.14. The van der Waals surface area contributed by atoms with Crippen molar-refractivity contribution in [1.82, 2.24) is 4.67 Å². The molecule has 0 aliphatic rings. The lowest BCUT2D eigenvalue weighted by atomic mass is 11.3. The molecule has 0 amide bonds. The first kappa shape index (κ1) is 7.53. The predicted octanol–water partition coefficient (Wildman–Crippen LogP) is -0.243. The minimum atomic E-state index is -3.07. The van der Waals surface area contributed by atoms with Gasteiger partial charge >= 0.3 is 0 Å². The SMILES string of the molecule is CN(C)P(O)(O)=S. The summed E-state index contributed by atoms with van der Waals surface area (Å²) < 4.78 is 1.22. The summed E-state index contributed by atoms with van der Waals surface area (Å²) >= 11 is 4.26. The first-order valence-electron chi connectivity index (χ1n) is 1.68. The highest BCUT2D eigenvalue weighted by molar-refractivity contribution is 8.07. The van der Waals surface area contributed by atoms with Crippen molar-refractivity contribution in [3.8, 4) is 0 Å². The quantitative estimate of drug-likeness (QED) is 0.494. The molecule has 0 saturated heterocycles. The minimum Gasteiger partial charge on any atom is -0.334 e. The molecule has 0 radical (unpaired) electrons. The van der Waals surface area contributed by atoms with Gasteiger partial charge in [0.05, 0.1) is 0 Å². The normalized spacial score (nSPS) is 12.7. The molecule has 0 unspecified atom stereocenters. The molecule has 0 aromatic carbocycles. The van der Waals surface area contributed by atoms with Crippen molar-refractivity contribution < 1.29 is 9.79 Å². The molecule has 0 bridgehead atoms. The van der Waals surface area contributed by atoms with Crippen LogP contribution in [-0.4, -0.2) is 28.6 Å². The van der Waals surface area contributed by atoms with E-state index in [1.165, 1.54) is 18.8 Å². The highest BCUT2D eigenvalue weighted by Gasteiger charge is 2.07. The fourth-order valence-electron chi connectivity index (χ4n) is 0. The van der Waals surface area contributed by atoms with E-state index in [0.717, 1.165) is 0 Å². The van der Waals surface area contributed by atoms with Gasteiger partial charge < -0.3 is 9.79 Å². The molecule has 0 atom stereocenters. The number of hydrogen-bond donors (Lipinski definition) is 2. The van der Waals surface area contributed by atoms with E-state index in [0.29, 0.717) is 0 Å². The van der Waals surface area contributed by atoms with E-state index in [-0.39, 0.29) is 0 Å². The first-order chi connectivity index (χ1) is 2.94. The Labute approximate surface area is 47.8 Å². The maximum Gasteiger partial charge on any atom is 0.258 e. The fraction of sp³-hybridized carbons (Fsp3) is 1.00. The molecule has 0 rings (SSSR count). The third-order valence-electron chi connectivity index (χ3n) is 0.521. The van der Waals surface area contributed by atoms with E-state index in [9.17, 15) is 0 Å². The van der Waals surface area contributed by atoms with E-state index < -0.39 is 6.64 Å². The zero-order valence-corrected chi connectivity index (χ0v) is 5.91. The monoisotopic (exact) mass is 141 g/mol. The highest BCUT2D eigenvalue weighted by Crippen LogP contribution is 2.36. The van der Waals surface area contributed by atoms with Gasteiger partial charge in [0.25, 0.3) is 6.64 Å². The molecule has 0 spiro atoms. The number of nitrogens with zero attached hydrogens (tertiary/aromatic N) is 1. The van der Waals surface area contributed by atoms with Gasteiger partial charge in [-0.3, -0.25) is 0 Å². The molecule has 7 heavy (non-hydrogen) atoms. The van der Waals surface area contributed by atoms with Crippen LogP contribution in [0.3, 0.4) is 0 Å². The molecule has 0 aromatic rings. The molecule has 0 saturated carbocycles. The van der Waals surface area contributed by atoms with E-state index in [2.05, 4.69) is 11.8 Å². The van der Waals surface area contributed by atoms with Gasteiger partial charge in [0.15, 0.2) is 0 Å². The summed E-state index contributed by atoms with van der Waals surface area (Å²) in [5.41, 5.74) is 0. The second kappa shape index (κ2) is 2.20. The number of hydrogen-bond acceptors (Lipinski definition) is 1. The van der Waals surface area contributed by atoms with Gasteiger partial charge in [0.2, 0.25) is 0 Å². The van der Waals surface area contributed by atoms with Crippen LogP contribution in [0.15, 0.2) is 0 Å². The molecule has 0 aliphatic heterocycles. The third-order valence-corrected chi connectivity index (χ3v) is 2.54. The summed E-state index contributed by atoms with van der Waals surface area (Å²) in [5.74, 6) is 0. The lowest BCUT2D eigenvalue weighted by molar-refractivity contribution is 0.403. The molecule has 44 valence electrons. The smallest absolute Gasteiger partial charge is 0.258 e. The molecule has 0 aliphatic carbocycles. The van der Waals surface area contributed by atoms with E-state index in [4.69, 9.17) is 9.79 Å². The summed E-state index contributed by atoms with van der Waals surface area (Å²) in [7, 11) is 3.06. The van der Waals surface area contributed by atoms with Crippen LogP contribution in [0.1, 0.15) is 0 Å². The van der Waals surface area contributed by atoms with Crippen molar-refractivity contribution in [2.45, 2.75) is 0 Å². The summed E-state index contributed by atoms with van der Waals surface area (Å²) in [5, 5.41) is 0. The lowest BCUT2D eigenvalue weighted by Crippen LogP contribution is -2.05. The van der Waals surface area contributed by atoms with Crippen LogP contribution in [0.2, 0.25) is 0 Å². The second-order valence-corrected chi connectivity index (χ2v) is 4.66. The molecule has 2 N–H and O–H groups in total. The topological polar surface area (TPSA) is 43.7 Å². The van der Waals surface area contributed by atoms with Crippen LogP contribution in [0.25, 0.3) is 0 Å². The Morgan fingerprint density at radius 1 is 1.43 bits per heavy atom. The Hall–Kier alpha value is 0.530. The predicted molar refractivity (Wildman–Crippen MR) is 32.4 cm³/mol. The van der Waals surface area contributed by atoms with E-state index in [1.54, 1.807) is 0 Å². The van der Waals surface area contributed by atoms with Crippen LogP contribution >= 0.6 is 6.64 Å². The number of rotatable bonds is 1. The van der Waals surface area contributed by atoms with Gasteiger partial charge in [-0.25, -0.2) is 4.67 Å². The van der Waals surface area contributed by atoms with Crippen LogP contribution < -0.4 is 0 Å². The van der Waals surface area contributed by atoms with Gasteiger partial charge in [-0.1, -0.05) is 0 Å². The standard InChI is InChI=1S/C2H8NO2PS/c1-3(2)6(4,5)7/h1-2H3,(H2,4,5,7). The van der Waals surface area contributed by atoms with Crippen molar-refractivity contribution in [1.29, 1.82) is 0 Å². The summed E-state index contributed by atoms with van der Waals surface area (Å²) in [6, 6.07) is 0. The zero-order chi connectivity index (χ0) is 6.08. The van der Waals surface area contributed by atoms with Gasteiger partial charge in [-0.15, -0.1) is 0 Å². The molecular formula is C2H8NO2PS. The van der Waals surface area contributed by atoms with Gasteiger partial charge in [-0.2, -0.15) is 0 Å². The lowest BCUT2D eigenvalue weighted by Gasteiger charge is -2.13. The van der Waals surface area contributed by atoms with Crippen molar-refractivity contribution in [2.24, 2.45) is 0 Å². The second-order valence-electron chi connectivity index (χ2n) is 1.36. The van der Waals surface area contributed by atoms with Crippen molar-refractivity contribution in [3.63, 3.8) is 0 Å². The van der Waals surface area contributed by atoms with Gasteiger partial charge in [-0.05, 0) is 25.9 Å². The summed E-state index contributed by atoms with van der Waals surface area (Å²) in [4.78, 5) is 17.0. The van der Waals surface area contributed by atoms with Crippen LogP contribution in [-0.2, 0) is 11.8 Å². The first-order valence-corrected chi connectivity index (χ1v) is 4.34. The van der Waals surface area contributed by atoms with Crippen molar-refractivity contribution in [3.05, 3.63) is 0 Å². The minimum absolute atomic E-state index is 1.22. The van der Waals surface area contributed by atoms with Crippen molar-refractivity contribution in [2.75, 3.05) is 14.1 Å². The molecule has 0 heterocycles. The average Bonchev–Trinajstić information content (AvgIpc) is 1.31. The van der Waals surface area contributed by atoms with Gasteiger partial charge in [0, 0.05) is 0 Å². The highest BCUT2D eigenvalue weighted by atomic mass is 32.5. The van der Waals surface area contributed by atoms with Crippen LogP contribution in [0.4, 0.5) is 0 Å². The fourth-order valence-corrected chi connectivity index (χ4v) is 0. The molecule has 0 aromatic heterocycles. The van der Waals surface area contributed by atoms with Crippen LogP contribution in [0.5, 0.6) is 0 Å². The summed E-state index contributed by atoms with van der Waals surface area (Å²) in [6.45, 7) is -3.07. The Morgan fingerprint density at radius 2 is 1.57 bits per heavy atom. The maximum atomic E-state index is 8.50. The molecule has 3 nitrogen and oxygen atoms in total. The average molecular weight is 141 g/mol. The van der Waals surface area contributed by atoms with E-state index in [1.807, 2.05) is 0 Å². The molecule has 5 heteroatoms. The van der Waals surface area contributed by atoms with Gasteiger partial charge in [0.1, 0.15) is 0 Å². The Morgan fingerprint density at radius 3 is 1.57 bits per heavy atom. The van der Waals surface area contributed by atoms with E-state index >= 15 is 0 Å². The van der Waals surface area contributed by atoms with Crippen LogP contribution in [0, 0.1) is 0 Å². The Bertz CT molecular complexity index is 97.9. The summed E-state index contributed by atoms with van der Waals surface area (Å²) in [6.07, 6.45) is 0. The molecular weight excluding hydrogens is 133 g/mol. The molecule has 0 fully saturated rings.